The van der Waals surface area contributed by atoms with E-state index in [-0.39, 0.29) is 0 Å². The summed E-state index contributed by atoms with van der Waals surface area (Å²) in [6.07, 6.45) is 0. The molecule has 0 amide bonds. The molecule has 0 unspecified atom stereocenters. The first kappa shape index (κ1) is 12.5. The molecule has 2 aromatic rings. The quantitative estimate of drug-likeness (QED) is 0.857. The summed E-state index contributed by atoms with van der Waals surface area (Å²) in [4.78, 5) is 2.34. The monoisotopic (exact) mass is 276 g/mol. The average Bonchev–Trinajstić information content (AvgIpc) is 2.88. The molecule has 19 heavy (non-hydrogen) atoms. The second kappa shape index (κ2) is 4.54. The van der Waals surface area contributed by atoms with E-state index < -0.39 is 0 Å². The molecule has 1 aliphatic rings. The largest absolute Gasteiger partial charge is 0.398 e. The van der Waals surface area contributed by atoms with Crippen molar-refractivity contribution in [3.63, 3.8) is 0 Å². The van der Waals surface area contributed by atoms with Gasteiger partial charge in [-0.25, -0.2) is 0 Å². The number of benzene rings is 1. The van der Waals surface area contributed by atoms with Crippen molar-refractivity contribution in [2.45, 2.75) is 26.6 Å². The molecule has 0 saturated heterocycles. The molecule has 2 heterocycles. The Labute approximate surface area is 117 Å². The summed E-state index contributed by atoms with van der Waals surface area (Å²) in [6.45, 7) is 4.61. The predicted molar refractivity (Wildman–Crippen MR) is 76.8 cm³/mol. The third kappa shape index (κ3) is 2.11. The van der Waals surface area contributed by atoms with E-state index in [0.29, 0.717) is 0 Å². The van der Waals surface area contributed by atoms with Gasteiger partial charge in [0.15, 0.2) is 0 Å². The molecule has 3 rings (SSSR count). The Hall–Kier alpha value is -1.52. The summed E-state index contributed by atoms with van der Waals surface area (Å²) >= 11 is 6.28. The third-order valence-electron chi connectivity index (χ3n) is 3.74. The summed E-state index contributed by atoms with van der Waals surface area (Å²) in [5.41, 5.74) is 11.6. The molecule has 2 N–H and O–H groups in total. The van der Waals surface area contributed by atoms with Gasteiger partial charge in [0.05, 0.1) is 5.69 Å². The van der Waals surface area contributed by atoms with Gasteiger partial charge in [0, 0.05) is 37.9 Å². The van der Waals surface area contributed by atoms with Gasteiger partial charge in [-0.1, -0.05) is 23.7 Å². The summed E-state index contributed by atoms with van der Waals surface area (Å²) in [6, 6.07) is 6.12. The molecule has 0 bridgehead atoms. The van der Waals surface area contributed by atoms with Crippen LogP contribution in [0.15, 0.2) is 18.2 Å². The summed E-state index contributed by atoms with van der Waals surface area (Å²) in [7, 11) is 1.87. The van der Waals surface area contributed by atoms with E-state index in [1.54, 1.807) is 4.68 Å². The highest BCUT2D eigenvalue weighted by molar-refractivity contribution is 6.30. The molecule has 5 heteroatoms. The lowest BCUT2D eigenvalue weighted by molar-refractivity contribution is 0.275. The first-order valence-electron chi connectivity index (χ1n) is 6.33. The van der Waals surface area contributed by atoms with Crippen LogP contribution in [-0.2, 0) is 26.7 Å². The van der Waals surface area contributed by atoms with Crippen molar-refractivity contribution in [2.24, 2.45) is 7.05 Å². The Morgan fingerprint density at radius 2 is 2.16 bits per heavy atom. The number of anilines is 1. The van der Waals surface area contributed by atoms with Gasteiger partial charge in [0.2, 0.25) is 0 Å². The van der Waals surface area contributed by atoms with Crippen LogP contribution >= 0.6 is 11.6 Å². The summed E-state index contributed by atoms with van der Waals surface area (Å²) in [5.74, 6) is 0. The minimum atomic E-state index is 0.724. The fourth-order valence-electron chi connectivity index (χ4n) is 2.70. The fourth-order valence-corrected chi connectivity index (χ4v) is 2.94. The highest BCUT2D eigenvalue weighted by atomic mass is 35.5. The zero-order chi connectivity index (χ0) is 13.6. The van der Waals surface area contributed by atoms with Gasteiger partial charge in [-0.2, -0.15) is 5.10 Å². The average molecular weight is 277 g/mol. The van der Waals surface area contributed by atoms with Crippen LogP contribution in [0.25, 0.3) is 0 Å². The zero-order valence-corrected chi connectivity index (χ0v) is 11.9. The van der Waals surface area contributed by atoms with Crippen LogP contribution < -0.4 is 5.73 Å². The molecule has 0 radical (unpaired) electrons. The molecule has 1 aliphatic heterocycles. The zero-order valence-electron chi connectivity index (χ0n) is 11.2. The maximum atomic E-state index is 6.28. The number of halogens is 1. The van der Waals surface area contributed by atoms with Gasteiger partial charge >= 0.3 is 0 Å². The van der Waals surface area contributed by atoms with Crippen LogP contribution in [0, 0.1) is 6.92 Å². The van der Waals surface area contributed by atoms with Crippen molar-refractivity contribution in [3.05, 3.63) is 45.7 Å². The van der Waals surface area contributed by atoms with E-state index in [9.17, 15) is 0 Å². The molecule has 0 atom stereocenters. The Morgan fingerprint density at radius 1 is 1.37 bits per heavy atom. The van der Waals surface area contributed by atoms with Gasteiger partial charge in [-0.3, -0.25) is 9.58 Å². The SMILES string of the molecule is Cc1nn(C)c(Cl)c1CN1Cc2cccc(N)c2C1. The first-order chi connectivity index (χ1) is 9.06. The second-order valence-corrected chi connectivity index (χ2v) is 5.47. The van der Waals surface area contributed by atoms with Crippen LogP contribution in [0.1, 0.15) is 22.4 Å². The Balaban J connectivity index is 1.83. The Morgan fingerprint density at radius 3 is 2.79 bits per heavy atom. The minimum Gasteiger partial charge on any atom is -0.398 e. The topological polar surface area (TPSA) is 47.1 Å². The standard InChI is InChI=1S/C14H17ClN4/c1-9-11(14(15)18(2)17-9)7-19-6-10-4-3-5-13(16)12(10)8-19/h3-5H,6-8,16H2,1-2H3. The molecule has 0 saturated carbocycles. The molecular formula is C14H17ClN4. The van der Waals surface area contributed by atoms with Crippen LogP contribution in [0.4, 0.5) is 5.69 Å². The van der Waals surface area contributed by atoms with E-state index >= 15 is 0 Å². The van der Waals surface area contributed by atoms with Crippen molar-refractivity contribution >= 4 is 17.3 Å². The van der Waals surface area contributed by atoms with E-state index in [2.05, 4.69) is 16.1 Å². The molecule has 1 aromatic carbocycles. The molecular weight excluding hydrogens is 260 g/mol. The van der Waals surface area contributed by atoms with Gasteiger partial charge in [-0.15, -0.1) is 0 Å². The van der Waals surface area contributed by atoms with E-state index in [4.69, 9.17) is 17.3 Å². The molecule has 0 aliphatic carbocycles. The number of hydrogen-bond acceptors (Lipinski definition) is 3. The summed E-state index contributed by atoms with van der Waals surface area (Å²) < 4.78 is 1.73. The molecule has 0 fully saturated rings. The predicted octanol–water partition coefficient (Wildman–Crippen LogP) is 2.48. The number of rotatable bonds is 2. The number of nitrogens with two attached hydrogens (primary N) is 1. The van der Waals surface area contributed by atoms with Crippen molar-refractivity contribution in [1.82, 2.24) is 14.7 Å². The first-order valence-corrected chi connectivity index (χ1v) is 6.70. The Kier molecular flexibility index (Phi) is 2.99. The van der Waals surface area contributed by atoms with E-state index in [0.717, 1.165) is 41.7 Å². The highest BCUT2D eigenvalue weighted by Crippen LogP contribution is 2.30. The number of aryl methyl sites for hydroxylation is 2. The number of fused-ring (bicyclic) bond motifs is 1. The molecule has 0 spiro atoms. The van der Waals surface area contributed by atoms with Crippen molar-refractivity contribution in [3.8, 4) is 0 Å². The third-order valence-corrected chi connectivity index (χ3v) is 4.21. The van der Waals surface area contributed by atoms with E-state index in [1.807, 2.05) is 26.1 Å². The minimum absolute atomic E-state index is 0.724. The van der Waals surface area contributed by atoms with Crippen LogP contribution in [0.3, 0.4) is 0 Å². The van der Waals surface area contributed by atoms with Crippen LogP contribution in [0.2, 0.25) is 5.15 Å². The lowest BCUT2D eigenvalue weighted by Gasteiger charge is -2.14. The molecule has 4 nitrogen and oxygen atoms in total. The van der Waals surface area contributed by atoms with Crippen LogP contribution in [-0.4, -0.2) is 14.7 Å². The van der Waals surface area contributed by atoms with Gasteiger partial charge in [0.1, 0.15) is 5.15 Å². The van der Waals surface area contributed by atoms with Crippen molar-refractivity contribution in [2.75, 3.05) is 5.73 Å². The normalized spacial score (nSPS) is 14.9. The smallest absolute Gasteiger partial charge is 0.131 e. The van der Waals surface area contributed by atoms with Gasteiger partial charge in [-0.05, 0) is 24.1 Å². The maximum absolute atomic E-state index is 6.28. The Bertz CT molecular complexity index is 633. The van der Waals surface area contributed by atoms with Crippen LogP contribution in [0.5, 0.6) is 0 Å². The van der Waals surface area contributed by atoms with Crippen molar-refractivity contribution < 1.29 is 0 Å². The summed E-state index contributed by atoms with van der Waals surface area (Å²) in [5, 5.41) is 5.08. The maximum Gasteiger partial charge on any atom is 0.131 e. The lowest BCUT2D eigenvalue weighted by Crippen LogP contribution is -2.16. The fraction of sp³-hybridized carbons (Fsp3) is 0.357. The number of nitrogen functional groups attached to an aromatic ring is 1. The number of hydrogen-bond donors (Lipinski definition) is 1. The second-order valence-electron chi connectivity index (χ2n) is 5.11. The van der Waals surface area contributed by atoms with Gasteiger partial charge in [0.25, 0.3) is 0 Å². The number of aromatic nitrogens is 2. The lowest BCUT2D eigenvalue weighted by atomic mass is 10.1. The highest BCUT2D eigenvalue weighted by Gasteiger charge is 2.23. The molecule has 100 valence electrons. The van der Waals surface area contributed by atoms with Gasteiger partial charge < -0.3 is 5.73 Å². The van der Waals surface area contributed by atoms with E-state index in [1.165, 1.54) is 11.1 Å². The number of nitrogens with zero attached hydrogens (tertiary/aromatic N) is 3. The molecule has 1 aromatic heterocycles. The van der Waals surface area contributed by atoms with Crippen molar-refractivity contribution in [1.29, 1.82) is 0 Å².